The summed E-state index contributed by atoms with van der Waals surface area (Å²) in [5.74, 6) is -0.919. The number of benzene rings is 1. The summed E-state index contributed by atoms with van der Waals surface area (Å²) < 4.78 is -1.04. The summed E-state index contributed by atoms with van der Waals surface area (Å²) in [5.41, 5.74) is 6.78. The molecule has 1 atom stereocenters. The lowest BCUT2D eigenvalue weighted by atomic mass is 10.0. The van der Waals surface area contributed by atoms with Crippen LogP contribution in [0.15, 0.2) is 24.3 Å². The van der Waals surface area contributed by atoms with Gasteiger partial charge in [0.2, 0.25) is 0 Å². The molecule has 0 aliphatic carbocycles. The highest BCUT2D eigenvalue weighted by Gasteiger charge is 2.31. The normalized spacial score (nSPS) is 14.9. The summed E-state index contributed by atoms with van der Waals surface area (Å²) >= 11 is 3.14. The van der Waals surface area contributed by atoms with Crippen molar-refractivity contribution >= 4 is 27.6 Å². The molecule has 1 aromatic carbocycles. The first-order valence-corrected chi connectivity index (χ1v) is 4.52. The maximum Gasteiger partial charge on any atom is 0.324 e. The molecule has 0 saturated carbocycles. The zero-order valence-corrected chi connectivity index (χ0v) is 8.71. The van der Waals surface area contributed by atoms with Gasteiger partial charge in [-0.1, -0.05) is 28.1 Å². The molecule has 1 rings (SSSR count). The molecule has 0 aromatic heterocycles. The Morgan fingerprint density at radius 3 is 2.31 bits per heavy atom. The van der Waals surface area contributed by atoms with E-state index in [4.69, 9.17) is 10.8 Å². The Bertz CT molecular complexity index is 319. The van der Waals surface area contributed by atoms with Gasteiger partial charge in [0.25, 0.3) is 0 Å². The van der Waals surface area contributed by atoms with Gasteiger partial charge in [0.15, 0.2) is 0 Å². The number of carboxylic acid groups (broad SMARTS) is 1. The number of halogens is 1. The van der Waals surface area contributed by atoms with Gasteiger partial charge >= 0.3 is 5.97 Å². The lowest BCUT2D eigenvalue weighted by molar-refractivity contribution is -0.139. The van der Waals surface area contributed by atoms with Crippen LogP contribution in [0.2, 0.25) is 0 Å². The van der Waals surface area contributed by atoms with Crippen molar-refractivity contribution in [1.29, 1.82) is 0 Å². The molecule has 13 heavy (non-hydrogen) atoms. The van der Waals surface area contributed by atoms with E-state index in [9.17, 15) is 4.79 Å². The molecule has 3 N–H and O–H groups in total. The van der Waals surface area contributed by atoms with Gasteiger partial charge in [-0.15, -0.1) is 0 Å². The molecule has 3 nitrogen and oxygen atoms in total. The number of anilines is 1. The molecule has 0 bridgehead atoms. The largest absolute Gasteiger partial charge is 0.480 e. The van der Waals surface area contributed by atoms with Crippen molar-refractivity contribution < 1.29 is 9.90 Å². The monoisotopic (exact) mass is 243 g/mol. The number of aliphatic carboxylic acids is 1. The Hall–Kier alpha value is -1.03. The summed E-state index contributed by atoms with van der Waals surface area (Å²) in [4.78, 5) is 10.8. The van der Waals surface area contributed by atoms with Crippen LogP contribution in [-0.2, 0) is 9.12 Å². The summed E-state index contributed by atoms with van der Waals surface area (Å²) in [7, 11) is 0. The molecule has 0 aliphatic rings. The first-order chi connectivity index (χ1) is 5.94. The Labute approximate surface area is 84.7 Å². The summed E-state index contributed by atoms with van der Waals surface area (Å²) in [6.45, 7) is 1.58. The molecule has 0 radical (unpaired) electrons. The van der Waals surface area contributed by atoms with Crippen molar-refractivity contribution in [1.82, 2.24) is 0 Å². The van der Waals surface area contributed by atoms with Crippen LogP contribution in [0.1, 0.15) is 12.5 Å². The molecule has 70 valence electrons. The predicted molar refractivity (Wildman–Crippen MR) is 54.8 cm³/mol. The fourth-order valence-corrected chi connectivity index (χ4v) is 1.18. The van der Waals surface area contributed by atoms with E-state index in [1.165, 1.54) is 0 Å². The average Bonchev–Trinajstić information content (AvgIpc) is 2.04. The number of carbonyl (C=O) groups is 1. The van der Waals surface area contributed by atoms with Crippen molar-refractivity contribution in [2.45, 2.75) is 11.2 Å². The lowest BCUT2D eigenvalue weighted by Crippen LogP contribution is -2.24. The standard InChI is InChI=1S/C9H10BrNO2/c1-9(10,8(12)13)6-2-4-7(11)5-3-6/h2-5H,11H2,1H3,(H,12,13). The minimum atomic E-state index is -1.04. The van der Waals surface area contributed by atoms with Gasteiger partial charge in [-0.2, -0.15) is 0 Å². The van der Waals surface area contributed by atoms with Crippen molar-refractivity contribution in [3.63, 3.8) is 0 Å². The van der Waals surface area contributed by atoms with E-state index in [-0.39, 0.29) is 0 Å². The predicted octanol–water partition coefficient (Wildman–Crippen LogP) is 1.96. The third-order valence-electron chi connectivity index (χ3n) is 1.85. The second-order valence-corrected chi connectivity index (χ2v) is 4.52. The van der Waals surface area contributed by atoms with Gasteiger partial charge < -0.3 is 10.8 Å². The van der Waals surface area contributed by atoms with E-state index < -0.39 is 10.3 Å². The summed E-state index contributed by atoms with van der Waals surface area (Å²) in [6.07, 6.45) is 0. The van der Waals surface area contributed by atoms with Crippen LogP contribution in [0.25, 0.3) is 0 Å². The molecule has 0 amide bonds. The molecule has 1 unspecified atom stereocenters. The zero-order chi connectivity index (χ0) is 10.1. The van der Waals surface area contributed by atoms with E-state index in [1.54, 1.807) is 31.2 Å². The minimum absolute atomic E-state index is 0.623. The van der Waals surface area contributed by atoms with Crippen LogP contribution in [0.3, 0.4) is 0 Å². The SMILES string of the molecule is CC(Br)(C(=O)O)c1ccc(N)cc1. The van der Waals surface area contributed by atoms with Gasteiger partial charge in [-0.25, -0.2) is 0 Å². The first-order valence-electron chi connectivity index (χ1n) is 3.73. The second kappa shape index (κ2) is 3.38. The van der Waals surface area contributed by atoms with Crippen LogP contribution in [0.5, 0.6) is 0 Å². The molecule has 0 saturated heterocycles. The van der Waals surface area contributed by atoms with Gasteiger partial charge in [0.05, 0.1) is 0 Å². The number of nitrogens with two attached hydrogens (primary N) is 1. The van der Waals surface area contributed by atoms with E-state index in [1.807, 2.05) is 0 Å². The van der Waals surface area contributed by atoms with Crippen LogP contribution >= 0.6 is 15.9 Å². The molecular weight excluding hydrogens is 234 g/mol. The van der Waals surface area contributed by atoms with Crippen molar-refractivity contribution in [2.24, 2.45) is 0 Å². The smallest absolute Gasteiger partial charge is 0.324 e. The number of carboxylic acids is 1. The van der Waals surface area contributed by atoms with Crippen LogP contribution in [-0.4, -0.2) is 11.1 Å². The first kappa shape index (κ1) is 10.1. The number of hydrogen-bond acceptors (Lipinski definition) is 2. The van der Waals surface area contributed by atoms with Crippen LogP contribution in [0.4, 0.5) is 5.69 Å². The third kappa shape index (κ3) is 2.01. The van der Waals surface area contributed by atoms with E-state index in [2.05, 4.69) is 15.9 Å². The quantitative estimate of drug-likeness (QED) is 0.617. The van der Waals surface area contributed by atoms with Crippen LogP contribution < -0.4 is 5.73 Å². The number of alkyl halides is 1. The maximum absolute atomic E-state index is 10.8. The highest BCUT2D eigenvalue weighted by Crippen LogP contribution is 2.31. The van der Waals surface area contributed by atoms with Gasteiger partial charge in [0, 0.05) is 5.69 Å². The lowest BCUT2D eigenvalue weighted by Gasteiger charge is -2.17. The van der Waals surface area contributed by atoms with Gasteiger partial charge in [-0.3, -0.25) is 4.79 Å². The Kier molecular flexibility index (Phi) is 2.61. The number of nitrogen functional groups attached to an aromatic ring is 1. The van der Waals surface area contributed by atoms with Gasteiger partial charge in [-0.05, 0) is 24.6 Å². The molecule has 0 spiro atoms. The molecule has 0 aliphatic heterocycles. The third-order valence-corrected chi connectivity index (χ3v) is 2.65. The van der Waals surface area contributed by atoms with Crippen molar-refractivity contribution in [2.75, 3.05) is 5.73 Å². The highest BCUT2D eigenvalue weighted by molar-refractivity contribution is 9.10. The summed E-state index contributed by atoms with van der Waals surface area (Å²) in [5, 5.41) is 8.89. The van der Waals surface area contributed by atoms with Crippen LogP contribution in [0, 0.1) is 0 Å². The Balaban J connectivity index is 3.08. The zero-order valence-electron chi connectivity index (χ0n) is 7.12. The van der Waals surface area contributed by atoms with Gasteiger partial charge in [0.1, 0.15) is 4.32 Å². The Morgan fingerprint density at radius 1 is 1.46 bits per heavy atom. The Morgan fingerprint density at radius 2 is 1.92 bits per heavy atom. The fourth-order valence-electron chi connectivity index (χ4n) is 0.920. The van der Waals surface area contributed by atoms with Crippen molar-refractivity contribution in [3.05, 3.63) is 29.8 Å². The van der Waals surface area contributed by atoms with Crippen molar-refractivity contribution in [3.8, 4) is 0 Å². The van der Waals surface area contributed by atoms with E-state index in [0.717, 1.165) is 0 Å². The molecular formula is C9H10BrNO2. The average molecular weight is 244 g/mol. The topological polar surface area (TPSA) is 63.3 Å². The minimum Gasteiger partial charge on any atom is -0.480 e. The molecule has 4 heteroatoms. The molecule has 0 heterocycles. The van der Waals surface area contributed by atoms with E-state index in [0.29, 0.717) is 11.3 Å². The number of rotatable bonds is 2. The molecule has 0 fully saturated rings. The highest BCUT2D eigenvalue weighted by atomic mass is 79.9. The van der Waals surface area contributed by atoms with E-state index >= 15 is 0 Å². The maximum atomic E-state index is 10.8. The number of hydrogen-bond donors (Lipinski definition) is 2. The second-order valence-electron chi connectivity index (χ2n) is 2.93. The summed E-state index contributed by atoms with van der Waals surface area (Å²) in [6, 6.07) is 6.74. The molecule has 1 aromatic rings. The fraction of sp³-hybridized carbons (Fsp3) is 0.222.